The van der Waals surface area contributed by atoms with Crippen molar-refractivity contribution in [1.29, 1.82) is 0 Å². The van der Waals surface area contributed by atoms with Gasteiger partial charge in [0.2, 0.25) is 5.75 Å². The van der Waals surface area contributed by atoms with Crippen LogP contribution in [0.4, 0.5) is 0 Å². The smallest absolute Gasteiger partial charge is 0.252 e. The fraction of sp³-hybridized carbons (Fsp3) is 0.360. The van der Waals surface area contributed by atoms with Gasteiger partial charge in [-0.25, -0.2) is 9.97 Å². The van der Waals surface area contributed by atoms with Crippen LogP contribution in [0.2, 0.25) is 0 Å². The van der Waals surface area contributed by atoms with E-state index < -0.39 is 0 Å². The molecule has 0 radical (unpaired) electrons. The number of fused-ring (bicyclic) bond motifs is 1. The average Bonchev–Trinajstić information content (AvgIpc) is 2.82. The summed E-state index contributed by atoms with van der Waals surface area (Å²) in [5.41, 5.74) is 3.18. The molecule has 1 N–H and O–H groups in total. The molecule has 0 aliphatic heterocycles. The second-order valence-corrected chi connectivity index (χ2v) is 8.82. The molecule has 1 aliphatic carbocycles. The Balaban J connectivity index is 1.66. The Labute approximate surface area is 193 Å². The number of benzene rings is 1. The Morgan fingerprint density at radius 1 is 1.06 bits per heavy atom. The predicted octanol–water partition coefficient (Wildman–Crippen LogP) is 4.01. The van der Waals surface area contributed by atoms with Crippen LogP contribution < -0.4 is 19.5 Å². The molecule has 0 unspecified atom stereocenters. The first-order valence-corrected chi connectivity index (χ1v) is 10.7. The second kappa shape index (κ2) is 9.05. The highest BCUT2D eigenvalue weighted by Crippen LogP contribution is 2.41. The molecule has 0 saturated heterocycles. The SMILES string of the molecule is COc1cc(C(=O)N[C@@H]2CC(C)(C)Cc3nc(-c4ccncc4)ncc32)cc(OC)c1OC. The summed E-state index contributed by atoms with van der Waals surface area (Å²) >= 11 is 0. The van der Waals surface area contributed by atoms with E-state index >= 15 is 0 Å². The molecule has 2 heterocycles. The first-order valence-electron chi connectivity index (χ1n) is 10.7. The maximum absolute atomic E-state index is 13.2. The molecule has 1 atom stereocenters. The van der Waals surface area contributed by atoms with Gasteiger partial charge in [0.05, 0.1) is 33.1 Å². The minimum absolute atomic E-state index is 0.0376. The van der Waals surface area contributed by atoms with Crippen molar-refractivity contribution in [3.8, 4) is 28.6 Å². The van der Waals surface area contributed by atoms with E-state index in [1.165, 1.54) is 21.3 Å². The zero-order valence-corrected chi connectivity index (χ0v) is 19.5. The number of carbonyl (C=O) groups excluding carboxylic acids is 1. The van der Waals surface area contributed by atoms with E-state index in [9.17, 15) is 4.79 Å². The van der Waals surface area contributed by atoms with Gasteiger partial charge < -0.3 is 19.5 Å². The quantitative estimate of drug-likeness (QED) is 0.609. The van der Waals surface area contributed by atoms with Crippen molar-refractivity contribution in [3.05, 3.63) is 59.7 Å². The Kier molecular flexibility index (Phi) is 6.18. The number of nitrogens with zero attached hydrogens (tertiary/aromatic N) is 3. The highest BCUT2D eigenvalue weighted by molar-refractivity contribution is 5.96. The molecule has 0 fully saturated rings. The number of hydrogen-bond acceptors (Lipinski definition) is 7. The lowest BCUT2D eigenvalue weighted by Gasteiger charge is -2.36. The number of nitrogens with one attached hydrogen (secondary N) is 1. The lowest BCUT2D eigenvalue weighted by atomic mass is 9.74. The number of methoxy groups -OCH3 is 3. The van der Waals surface area contributed by atoms with E-state index in [0.29, 0.717) is 28.6 Å². The maximum Gasteiger partial charge on any atom is 0.252 e. The summed E-state index contributed by atoms with van der Waals surface area (Å²) in [7, 11) is 4.58. The molecule has 0 bridgehead atoms. The van der Waals surface area contributed by atoms with Gasteiger partial charge in [-0.05, 0) is 42.5 Å². The zero-order valence-electron chi connectivity index (χ0n) is 19.5. The fourth-order valence-corrected chi connectivity index (χ4v) is 4.27. The van der Waals surface area contributed by atoms with Gasteiger partial charge in [0, 0.05) is 35.3 Å². The molecule has 1 aromatic carbocycles. The van der Waals surface area contributed by atoms with Crippen LogP contribution in [0.3, 0.4) is 0 Å². The summed E-state index contributed by atoms with van der Waals surface area (Å²) < 4.78 is 16.2. The summed E-state index contributed by atoms with van der Waals surface area (Å²) in [6, 6.07) is 6.85. The molecule has 8 heteroatoms. The number of aromatic nitrogens is 3. The minimum Gasteiger partial charge on any atom is -0.493 e. The standard InChI is InChI=1S/C25H28N4O4/c1-25(2)12-18-17(14-27-23(28-18)15-6-8-26-9-7-15)19(13-25)29-24(30)16-10-20(31-3)22(33-5)21(11-16)32-4/h6-11,14,19H,12-13H2,1-5H3,(H,29,30)/t19-/m1/s1. The highest BCUT2D eigenvalue weighted by Gasteiger charge is 2.35. The third-order valence-electron chi connectivity index (χ3n) is 5.85. The van der Waals surface area contributed by atoms with Crippen LogP contribution in [-0.2, 0) is 6.42 Å². The molecule has 0 spiro atoms. The Bertz CT molecular complexity index is 1140. The molecule has 2 aromatic heterocycles. The van der Waals surface area contributed by atoms with E-state index in [1.807, 2.05) is 18.3 Å². The van der Waals surface area contributed by atoms with Crippen LogP contribution in [0.15, 0.2) is 42.9 Å². The van der Waals surface area contributed by atoms with Crippen molar-refractivity contribution in [2.24, 2.45) is 5.41 Å². The van der Waals surface area contributed by atoms with Gasteiger partial charge in [-0.2, -0.15) is 0 Å². The summed E-state index contributed by atoms with van der Waals surface area (Å²) in [6.07, 6.45) is 6.85. The molecule has 33 heavy (non-hydrogen) atoms. The highest BCUT2D eigenvalue weighted by atomic mass is 16.5. The Morgan fingerprint density at radius 2 is 1.73 bits per heavy atom. The van der Waals surface area contributed by atoms with Crippen molar-refractivity contribution in [1.82, 2.24) is 20.3 Å². The summed E-state index contributed by atoms with van der Waals surface area (Å²) in [5, 5.41) is 3.17. The van der Waals surface area contributed by atoms with Gasteiger partial charge in [0.15, 0.2) is 17.3 Å². The molecular formula is C25H28N4O4. The van der Waals surface area contributed by atoms with Crippen LogP contribution in [-0.4, -0.2) is 42.2 Å². The second-order valence-electron chi connectivity index (χ2n) is 8.82. The third kappa shape index (κ3) is 4.60. The maximum atomic E-state index is 13.2. The molecule has 4 rings (SSSR count). The van der Waals surface area contributed by atoms with E-state index in [1.54, 1.807) is 24.5 Å². The lowest BCUT2D eigenvalue weighted by molar-refractivity contribution is 0.0918. The number of rotatable bonds is 6. The summed E-state index contributed by atoms with van der Waals surface area (Å²) in [6.45, 7) is 4.37. The van der Waals surface area contributed by atoms with Gasteiger partial charge in [-0.15, -0.1) is 0 Å². The molecule has 1 amide bonds. The lowest BCUT2D eigenvalue weighted by Crippen LogP contribution is -2.37. The van der Waals surface area contributed by atoms with Crippen LogP contribution in [0.25, 0.3) is 11.4 Å². The number of hydrogen-bond donors (Lipinski definition) is 1. The van der Waals surface area contributed by atoms with Crippen molar-refractivity contribution < 1.29 is 19.0 Å². The third-order valence-corrected chi connectivity index (χ3v) is 5.85. The van der Waals surface area contributed by atoms with Crippen LogP contribution >= 0.6 is 0 Å². The van der Waals surface area contributed by atoms with Gasteiger partial charge in [0.1, 0.15) is 0 Å². The Morgan fingerprint density at radius 3 is 2.33 bits per heavy atom. The number of ether oxygens (including phenoxy) is 3. The van der Waals surface area contributed by atoms with Crippen molar-refractivity contribution >= 4 is 5.91 Å². The minimum atomic E-state index is -0.235. The average molecular weight is 449 g/mol. The van der Waals surface area contributed by atoms with Gasteiger partial charge in [-0.3, -0.25) is 9.78 Å². The molecule has 172 valence electrons. The van der Waals surface area contributed by atoms with E-state index in [-0.39, 0.29) is 17.4 Å². The molecular weight excluding hydrogens is 420 g/mol. The Hall–Kier alpha value is -3.68. The van der Waals surface area contributed by atoms with E-state index in [4.69, 9.17) is 19.2 Å². The van der Waals surface area contributed by atoms with Crippen LogP contribution in [0.1, 0.15) is 47.9 Å². The molecule has 1 aliphatic rings. The topological polar surface area (TPSA) is 95.5 Å². The molecule has 8 nitrogen and oxygen atoms in total. The largest absolute Gasteiger partial charge is 0.493 e. The molecule has 0 saturated carbocycles. The number of amides is 1. The monoisotopic (exact) mass is 448 g/mol. The summed E-state index contributed by atoms with van der Waals surface area (Å²) in [4.78, 5) is 26.7. The van der Waals surface area contributed by atoms with Gasteiger partial charge >= 0.3 is 0 Å². The number of carbonyl (C=O) groups is 1. The predicted molar refractivity (Wildman–Crippen MR) is 124 cm³/mol. The van der Waals surface area contributed by atoms with E-state index in [2.05, 4.69) is 29.1 Å². The van der Waals surface area contributed by atoms with Crippen LogP contribution in [0.5, 0.6) is 17.2 Å². The van der Waals surface area contributed by atoms with Crippen LogP contribution in [0, 0.1) is 5.41 Å². The van der Waals surface area contributed by atoms with Crippen molar-refractivity contribution in [3.63, 3.8) is 0 Å². The number of pyridine rings is 1. The first-order chi connectivity index (χ1) is 15.8. The fourth-order valence-electron chi connectivity index (χ4n) is 4.27. The first kappa shape index (κ1) is 22.5. The summed E-state index contributed by atoms with van der Waals surface area (Å²) in [5.74, 6) is 1.72. The van der Waals surface area contributed by atoms with Crippen molar-refractivity contribution in [2.75, 3.05) is 21.3 Å². The van der Waals surface area contributed by atoms with Gasteiger partial charge in [0.25, 0.3) is 5.91 Å². The zero-order chi connectivity index (χ0) is 23.6. The van der Waals surface area contributed by atoms with Gasteiger partial charge in [-0.1, -0.05) is 13.8 Å². The van der Waals surface area contributed by atoms with Crippen molar-refractivity contribution in [2.45, 2.75) is 32.7 Å². The molecule has 3 aromatic rings. The normalized spacial score (nSPS) is 16.5. The van der Waals surface area contributed by atoms with E-state index in [0.717, 1.165) is 29.7 Å².